The third kappa shape index (κ3) is 6.76. The van der Waals surface area contributed by atoms with Crippen LogP contribution in [-0.2, 0) is 0 Å². The number of rotatable bonds is 9. The smallest absolute Gasteiger partial charge is 0.253 e. The molecule has 11 nitrogen and oxygen atoms in total. The molecule has 0 spiro atoms. The molecular weight excluding hydrogens is 594 g/mol. The summed E-state index contributed by atoms with van der Waals surface area (Å²) in [6.07, 6.45) is 5.30. The Morgan fingerprint density at radius 2 is 1.57 bits per heavy atom. The summed E-state index contributed by atoms with van der Waals surface area (Å²) in [4.78, 5) is 50.0. The van der Waals surface area contributed by atoms with Crippen LogP contribution in [0.2, 0.25) is 0 Å². The average Bonchev–Trinajstić information content (AvgIpc) is 3.34. The minimum absolute atomic E-state index is 0.0135. The largest absolute Gasteiger partial charge is 0.496 e. The molecule has 0 aliphatic carbocycles. The molecule has 3 aliphatic heterocycles. The number of primary amides is 1. The van der Waals surface area contributed by atoms with Crippen LogP contribution in [0, 0.1) is 6.92 Å². The number of nitrogens with two attached hydrogens (primary N) is 1. The lowest BCUT2D eigenvalue weighted by atomic mass is 9.96. The van der Waals surface area contributed by atoms with E-state index in [9.17, 15) is 14.4 Å². The van der Waals surface area contributed by atoms with Crippen molar-refractivity contribution in [3.05, 3.63) is 82.5 Å². The van der Waals surface area contributed by atoms with Gasteiger partial charge in [-0.15, -0.1) is 0 Å². The van der Waals surface area contributed by atoms with Gasteiger partial charge in [0.2, 0.25) is 0 Å². The molecule has 248 valence electrons. The van der Waals surface area contributed by atoms with Crippen molar-refractivity contribution in [3.8, 4) is 5.75 Å². The Morgan fingerprint density at radius 3 is 2.17 bits per heavy atom. The second-order valence-electron chi connectivity index (χ2n) is 13.1. The van der Waals surface area contributed by atoms with E-state index in [1.54, 1.807) is 19.2 Å². The van der Waals surface area contributed by atoms with Crippen LogP contribution in [0.5, 0.6) is 5.75 Å². The fourth-order valence-electron chi connectivity index (χ4n) is 7.40. The van der Waals surface area contributed by atoms with Gasteiger partial charge in [0.25, 0.3) is 17.7 Å². The van der Waals surface area contributed by atoms with Crippen molar-refractivity contribution in [3.63, 3.8) is 0 Å². The number of ether oxygens (including phenoxy) is 1. The second kappa shape index (κ2) is 13.6. The van der Waals surface area contributed by atoms with Gasteiger partial charge < -0.3 is 35.8 Å². The van der Waals surface area contributed by atoms with Gasteiger partial charge in [-0.1, -0.05) is 12.1 Å². The van der Waals surface area contributed by atoms with E-state index in [0.29, 0.717) is 22.4 Å². The van der Waals surface area contributed by atoms with E-state index in [-0.39, 0.29) is 41.5 Å². The molecule has 1 unspecified atom stereocenters. The van der Waals surface area contributed by atoms with E-state index in [4.69, 9.17) is 15.5 Å². The second-order valence-corrected chi connectivity index (χ2v) is 13.1. The molecule has 2 bridgehead atoms. The number of anilines is 2. The van der Waals surface area contributed by atoms with Gasteiger partial charge in [-0.25, -0.2) is 4.98 Å². The average molecular weight is 640 g/mol. The van der Waals surface area contributed by atoms with E-state index < -0.39 is 5.91 Å². The summed E-state index contributed by atoms with van der Waals surface area (Å²) in [5.41, 5.74) is 9.58. The summed E-state index contributed by atoms with van der Waals surface area (Å²) in [7, 11) is 3.62. The standard InChI is InChI=1S/C36H45N7O4/c1-22-30(12-13-31(34(37)44)33(22)47-4)36(46)40-26-19-28-10-11-29(20-26)43(28)32-14-7-25(21-38-32)35(45)39-23(2)24-5-8-27(9-6-24)42-17-15-41(3)16-18-42/h5-9,12-14,21,23,26,28-29H,10-11,15-20H2,1-4H3,(H2,37,44)(H,39,45)(H,40,46)/t23-,26?,28-,29+/m0/s1. The number of likely N-dealkylation sites (N-methyl/N-ethyl adjacent to an activating group) is 1. The molecule has 3 saturated heterocycles. The van der Waals surface area contributed by atoms with Crippen LogP contribution in [0.1, 0.15) is 80.8 Å². The van der Waals surface area contributed by atoms with Gasteiger partial charge in [0.1, 0.15) is 11.6 Å². The Labute approximate surface area is 276 Å². The first kappa shape index (κ1) is 32.3. The lowest BCUT2D eigenvalue weighted by molar-refractivity contribution is 0.0921. The number of hydrogen-bond donors (Lipinski definition) is 3. The highest BCUT2D eigenvalue weighted by Crippen LogP contribution is 2.39. The maximum Gasteiger partial charge on any atom is 0.253 e. The number of piperidine rings is 1. The number of pyridine rings is 1. The zero-order valence-electron chi connectivity index (χ0n) is 27.7. The van der Waals surface area contributed by atoms with E-state index in [0.717, 1.165) is 63.2 Å². The van der Waals surface area contributed by atoms with Crippen molar-refractivity contribution in [1.82, 2.24) is 20.5 Å². The Hall–Kier alpha value is -4.64. The number of nitrogens with one attached hydrogen (secondary N) is 2. The SMILES string of the molecule is COc1c(C(N)=O)ccc(C(=O)NC2C[C@H]3CC[C@@H](C2)N3c2ccc(C(=O)N[C@@H](C)c3ccc(N4CCN(C)CC4)cc3)cn2)c1C. The van der Waals surface area contributed by atoms with Gasteiger partial charge in [0, 0.05) is 67.3 Å². The number of aromatic nitrogens is 1. The van der Waals surface area contributed by atoms with Gasteiger partial charge in [0.15, 0.2) is 0 Å². The number of fused-ring (bicyclic) bond motifs is 2. The molecule has 3 amide bonds. The van der Waals surface area contributed by atoms with E-state index in [2.05, 4.69) is 56.6 Å². The molecular formula is C36H45N7O4. The molecule has 47 heavy (non-hydrogen) atoms. The van der Waals surface area contributed by atoms with Crippen LogP contribution in [0.4, 0.5) is 11.5 Å². The molecule has 1 aromatic heterocycles. The van der Waals surface area contributed by atoms with Crippen LogP contribution in [0.3, 0.4) is 0 Å². The van der Waals surface area contributed by atoms with Gasteiger partial charge in [-0.2, -0.15) is 0 Å². The first-order valence-corrected chi connectivity index (χ1v) is 16.5. The molecule has 11 heteroatoms. The van der Waals surface area contributed by atoms with Crippen LogP contribution < -0.4 is 30.9 Å². The Kier molecular flexibility index (Phi) is 9.35. The van der Waals surface area contributed by atoms with E-state index >= 15 is 0 Å². The first-order chi connectivity index (χ1) is 22.6. The number of piperazine rings is 1. The van der Waals surface area contributed by atoms with Crippen molar-refractivity contribution in [2.45, 2.75) is 63.7 Å². The van der Waals surface area contributed by atoms with Crippen molar-refractivity contribution >= 4 is 29.2 Å². The molecule has 0 radical (unpaired) electrons. The number of amides is 3. The summed E-state index contributed by atoms with van der Waals surface area (Å²) in [5.74, 6) is 0.241. The van der Waals surface area contributed by atoms with E-state index in [1.165, 1.54) is 18.9 Å². The molecule has 3 fully saturated rings. The predicted molar refractivity (Wildman–Crippen MR) is 182 cm³/mol. The van der Waals surface area contributed by atoms with Crippen LogP contribution in [0.25, 0.3) is 0 Å². The zero-order valence-corrected chi connectivity index (χ0v) is 27.7. The number of hydrogen-bond acceptors (Lipinski definition) is 8. The third-order valence-electron chi connectivity index (χ3n) is 10.1. The summed E-state index contributed by atoms with van der Waals surface area (Å²) < 4.78 is 5.39. The number of benzene rings is 2. The number of nitrogens with zero attached hydrogens (tertiary/aromatic N) is 4. The lowest BCUT2D eigenvalue weighted by Crippen LogP contribution is -2.50. The molecule has 4 heterocycles. The van der Waals surface area contributed by atoms with Gasteiger partial charge >= 0.3 is 0 Å². The Balaban J connectivity index is 1.04. The van der Waals surface area contributed by atoms with Crippen molar-refractivity contribution in [2.24, 2.45) is 5.73 Å². The minimum atomic E-state index is -0.597. The molecule has 4 atom stereocenters. The molecule has 0 saturated carbocycles. The van der Waals surface area contributed by atoms with Gasteiger partial charge in [-0.05, 0) is 88.5 Å². The zero-order chi connectivity index (χ0) is 33.2. The highest BCUT2D eigenvalue weighted by molar-refractivity contribution is 6.01. The van der Waals surface area contributed by atoms with Crippen molar-refractivity contribution in [2.75, 3.05) is 50.1 Å². The maximum absolute atomic E-state index is 13.3. The summed E-state index contributed by atoms with van der Waals surface area (Å²) in [5, 5.41) is 6.33. The molecule has 3 aromatic rings. The fourth-order valence-corrected chi connectivity index (χ4v) is 7.40. The topological polar surface area (TPSA) is 133 Å². The van der Waals surface area contributed by atoms with Crippen LogP contribution in [0.15, 0.2) is 54.7 Å². The normalized spacial score (nSPS) is 21.7. The highest BCUT2D eigenvalue weighted by Gasteiger charge is 2.42. The third-order valence-corrected chi connectivity index (χ3v) is 10.1. The minimum Gasteiger partial charge on any atom is -0.496 e. The fraction of sp³-hybridized carbons (Fsp3) is 0.444. The van der Waals surface area contributed by atoms with E-state index in [1.807, 2.05) is 19.1 Å². The van der Waals surface area contributed by atoms with Gasteiger partial charge in [0.05, 0.1) is 24.3 Å². The van der Waals surface area contributed by atoms with Gasteiger partial charge in [-0.3, -0.25) is 14.4 Å². The monoisotopic (exact) mass is 639 g/mol. The molecule has 2 aromatic carbocycles. The molecule has 3 aliphatic rings. The van der Waals surface area contributed by atoms with Crippen LogP contribution >= 0.6 is 0 Å². The molecule has 4 N–H and O–H groups in total. The summed E-state index contributed by atoms with van der Waals surface area (Å²) in [6.45, 7) is 7.92. The lowest BCUT2D eigenvalue weighted by Gasteiger charge is -2.40. The van der Waals surface area contributed by atoms with Crippen molar-refractivity contribution < 1.29 is 19.1 Å². The number of carbonyl (C=O) groups excluding carboxylic acids is 3. The Morgan fingerprint density at radius 1 is 0.915 bits per heavy atom. The summed E-state index contributed by atoms with van der Waals surface area (Å²) in [6, 6.07) is 15.8. The Bertz CT molecular complexity index is 1610. The molecule has 6 rings (SSSR count). The number of methoxy groups -OCH3 is 1. The number of carbonyl (C=O) groups is 3. The van der Waals surface area contributed by atoms with Crippen molar-refractivity contribution in [1.29, 1.82) is 0 Å². The maximum atomic E-state index is 13.3. The quantitative estimate of drug-likeness (QED) is 0.323. The predicted octanol–water partition coefficient (Wildman–Crippen LogP) is 3.67. The van der Waals surface area contributed by atoms with Crippen LogP contribution in [-0.4, -0.2) is 86.1 Å². The highest BCUT2D eigenvalue weighted by atomic mass is 16.5. The first-order valence-electron chi connectivity index (χ1n) is 16.5. The summed E-state index contributed by atoms with van der Waals surface area (Å²) >= 11 is 0.